The first-order valence-corrected chi connectivity index (χ1v) is 11.9. The zero-order valence-electron chi connectivity index (χ0n) is 20.4. The smallest absolute Gasteiger partial charge is 0.341 e. The fraction of sp³-hybridized carbons (Fsp3) is 0.346. The monoisotopic (exact) mass is 507 g/mol. The summed E-state index contributed by atoms with van der Waals surface area (Å²) >= 11 is 0. The number of methoxy groups -OCH3 is 1. The van der Waals surface area contributed by atoms with Crippen LogP contribution in [-0.4, -0.2) is 66.4 Å². The quantitative estimate of drug-likeness (QED) is 0.368. The SMILES string of the molecule is CO/N=C1/CN(c2nc3c(cc2F)c(=O)c(C(=O)O)cn3C2CC2)CC1C/N=C/c1ccc(OC)cc1. The summed E-state index contributed by atoms with van der Waals surface area (Å²) in [7, 11) is 3.06. The number of hydrogen-bond donors (Lipinski definition) is 1. The van der Waals surface area contributed by atoms with E-state index < -0.39 is 17.2 Å². The lowest BCUT2D eigenvalue weighted by Crippen LogP contribution is -2.25. The van der Waals surface area contributed by atoms with E-state index in [2.05, 4.69) is 15.1 Å². The Morgan fingerprint density at radius 3 is 2.68 bits per heavy atom. The minimum Gasteiger partial charge on any atom is -0.497 e. The number of pyridine rings is 2. The maximum atomic E-state index is 15.3. The summed E-state index contributed by atoms with van der Waals surface area (Å²) in [5, 5.41) is 13.5. The Morgan fingerprint density at radius 1 is 1.27 bits per heavy atom. The summed E-state index contributed by atoms with van der Waals surface area (Å²) in [5.74, 6) is -1.34. The second kappa shape index (κ2) is 10.00. The van der Waals surface area contributed by atoms with Gasteiger partial charge in [-0.15, -0.1) is 0 Å². The second-order valence-corrected chi connectivity index (χ2v) is 9.09. The number of aromatic carboxylic acids is 1. The minimum absolute atomic E-state index is 0.0382. The molecule has 1 N–H and O–H groups in total. The molecule has 1 aliphatic heterocycles. The van der Waals surface area contributed by atoms with Crippen LogP contribution in [0.1, 0.15) is 34.8 Å². The predicted octanol–water partition coefficient (Wildman–Crippen LogP) is 3.14. The lowest BCUT2D eigenvalue weighted by atomic mass is 10.1. The van der Waals surface area contributed by atoms with Crippen molar-refractivity contribution in [3.63, 3.8) is 0 Å². The third kappa shape index (κ3) is 4.89. The number of carboxylic acid groups (broad SMARTS) is 1. The van der Waals surface area contributed by atoms with Crippen LogP contribution in [0.15, 0.2) is 51.5 Å². The predicted molar refractivity (Wildman–Crippen MR) is 137 cm³/mol. The van der Waals surface area contributed by atoms with Crippen LogP contribution in [-0.2, 0) is 4.84 Å². The number of rotatable bonds is 8. The van der Waals surface area contributed by atoms with Crippen molar-refractivity contribution < 1.29 is 23.9 Å². The maximum absolute atomic E-state index is 15.3. The van der Waals surface area contributed by atoms with E-state index in [0.717, 1.165) is 30.2 Å². The van der Waals surface area contributed by atoms with Crippen LogP contribution in [0.4, 0.5) is 10.2 Å². The van der Waals surface area contributed by atoms with E-state index in [4.69, 9.17) is 9.57 Å². The van der Waals surface area contributed by atoms with Crippen LogP contribution < -0.4 is 15.1 Å². The molecular formula is C26H26FN5O5. The van der Waals surface area contributed by atoms with Gasteiger partial charge in [0.2, 0.25) is 5.43 Å². The Bertz CT molecular complexity index is 1460. The van der Waals surface area contributed by atoms with Crippen molar-refractivity contribution in [3.05, 3.63) is 63.7 Å². The van der Waals surface area contributed by atoms with Crippen molar-refractivity contribution in [2.24, 2.45) is 16.1 Å². The molecule has 10 nitrogen and oxygen atoms in total. The van der Waals surface area contributed by atoms with E-state index in [-0.39, 0.29) is 40.9 Å². The zero-order chi connectivity index (χ0) is 26.1. The van der Waals surface area contributed by atoms with Crippen LogP contribution >= 0.6 is 0 Å². The molecule has 2 fully saturated rings. The number of aliphatic imine (C=N–C) groups is 1. The number of halogens is 1. The van der Waals surface area contributed by atoms with E-state index in [1.165, 1.54) is 13.3 Å². The Balaban J connectivity index is 1.44. The lowest BCUT2D eigenvalue weighted by molar-refractivity contribution is 0.0695. The standard InChI is InChI=1S/C26H26FN5O5/c1-36-18-7-3-15(4-8-18)10-28-11-16-12-31(14-22(16)30-37-2)25-21(27)9-19-23(33)20(26(34)35)13-32(17-5-6-17)24(19)29-25/h3-4,7-10,13,16-17H,5-6,11-12,14H2,1-2H3,(H,34,35)/b28-10+,30-22-. The van der Waals surface area contributed by atoms with Crippen molar-refractivity contribution in [3.8, 4) is 5.75 Å². The second-order valence-electron chi connectivity index (χ2n) is 9.09. The summed E-state index contributed by atoms with van der Waals surface area (Å²) in [4.78, 5) is 40.2. The van der Waals surface area contributed by atoms with Gasteiger partial charge in [-0.1, -0.05) is 5.16 Å². The van der Waals surface area contributed by atoms with Crippen LogP contribution in [0.3, 0.4) is 0 Å². The van der Waals surface area contributed by atoms with E-state index >= 15 is 4.39 Å². The molecule has 0 radical (unpaired) electrons. The molecule has 11 heteroatoms. The fourth-order valence-electron chi connectivity index (χ4n) is 4.52. The largest absolute Gasteiger partial charge is 0.497 e. The number of aromatic nitrogens is 2. The van der Waals surface area contributed by atoms with Gasteiger partial charge in [-0.3, -0.25) is 9.79 Å². The van der Waals surface area contributed by atoms with Gasteiger partial charge >= 0.3 is 5.97 Å². The highest BCUT2D eigenvalue weighted by Gasteiger charge is 2.33. The number of fused-ring (bicyclic) bond motifs is 1. The van der Waals surface area contributed by atoms with E-state index in [0.29, 0.717) is 18.8 Å². The molecule has 2 aromatic heterocycles. The molecule has 1 atom stereocenters. The Hall–Kier alpha value is -4.28. The Morgan fingerprint density at radius 2 is 2.03 bits per heavy atom. The number of ether oxygens (including phenoxy) is 1. The first-order chi connectivity index (χ1) is 17.9. The number of benzene rings is 1. The average Bonchev–Trinajstić information content (AvgIpc) is 3.66. The van der Waals surface area contributed by atoms with Crippen molar-refractivity contribution in [2.45, 2.75) is 18.9 Å². The first kappa shape index (κ1) is 24.4. The summed E-state index contributed by atoms with van der Waals surface area (Å²) in [6.45, 7) is 1.10. The maximum Gasteiger partial charge on any atom is 0.341 e. The third-order valence-electron chi connectivity index (χ3n) is 6.56. The number of hydrogen-bond acceptors (Lipinski definition) is 8. The number of carboxylic acids is 1. The van der Waals surface area contributed by atoms with Crippen molar-refractivity contribution in [2.75, 3.05) is 38.8 Å². The fourth-order valence-corrected chi connectivity index (χ4v) is 4.52. The van der Waals surface area contributed by atoms with Gasteiger partial charge < -0.3 is 24.1 Å². The van der Waals surface area contributed by atoms with Crippen molar-refractivity contribution in [1.82, 2.24) is 9.55 Å². The van der Waals surface area contributed by atoms with Crippen LogP contribution in [0, 0.1) is 11.7 Å². The number of carbonyl (C=O) groups is 1. The van der Waals surface area contributed by atoms with Gasteiger partial charge in [-0.2, -0.15) is 0 Å². The van der Waals surface area contributed by atoms with Crippen LogP contribution in [0.5, 0.6) is 5.75 Å². The van der Waals surface area contributed by atoms with Crippen molar-refractivity contribution in [1.29, 1.82) is 0 Å². The molecule has 192 valence electrons. The summed E-state index contributed by atoms with van der Waals surface area (Å²) in [6, 6.07) is 8.63. The number of oxime groups is 1. The topological polar surface area (TPSA) is 119 Å². The van der Waals surface area contributed by atoms with Gasteiger partial charge in [0, 0.05) is 37.5 Å². The van der Waals surface area contributed by atoms with Crippen LogP contribution in [0.2, 0.25) is 0 Å². The van der Waals surface area contributed by atoms with E-state index in [1.54, 1.807) is 22.8 Å². The highest BCUT2D eigenvalue weighted by molar-refractivity contribution is 5.95. The Labute approximate surface area is 211 Å². The van der Waals surface area contributed by atoms with Crippen LogP contribution in [0.25, 0.3) is 11.0 Å². The van der Waals surface area contributed by atoms with Gasteiger partial charge in [-0.05, 0) is 48.7 Å². The lowest BCUT2D eigenvalue weighted by Gasteiger charge is -2.19. The molecular weight excluding hydrogens is 481 g/mol. The molecule has 37 heavy (non-hydrogen) atoms. The normalized spacial score (nSPS) is 18.7. The number of nitrogens with zero attached hydrogens (tertiary/aromatic N) is 5. The minimum atomic E-state index is -1.34. The van der Waals surface area contributed by atoms with Gasteiger partial charge in [0.1, 0.15) is 24.1 Å². The van der Waals surface area contributed by atoms with Crippen molar-refractivity contribution >= 4 is 34.7 Å². The molecule has 0 amide bonds. The van der Waals surface area contributed by atoms with E-state index in [9.17, 15) is 14.7 Å². The van der Waals surface area contributed by atoms with Gasteiger partial charge in [0.05, 0.1) is 24.8 Å². The first-order valence-electron chi connectivity index (χ1n) is 11.9. The summed E-state index contributed by atoms with van der Waals surface area (Å²) in [6.07, 6.45) is 4.76. The highest BCUT2D eigenvalue weighted by Crippen LogP contribution is 2.37. The molecule has 1 saturated heterocycles. The molecule has 1 saturated carbocycles. The zero-order valence-corrected chi connectivity index (χ0v) is 20.4. The average molecular weight is 508 g/mol. The molecule has 3 heterocycles. The summed E-state index contributed by atoms with van der Waals surface area (Å²) in [5.41, 5.74) is 0.767. The molecule has 2 aliphatic rings. The van der Waals surface area contributed by atoms with Gasteiger partial charge in [0.15, 0.2) is 11.6 Å². The molecule has 0 spiro atoms. The highest BCUT2D eigenvalue weighted by atomic mass is 19.1. The molecule has 1 aliphatic carbocycles. The molecule has 1 aromatic carbocycles. The van der Waals surface area contributed by atoms with Gasteiger partial charge in [-0.25, -0.2) is 14.2 Å². The molecule has 3 aromatic rings. The molecule has 5 rings (SSSR count). The molecule has 0 bridgehead atoms. The number of anilines is 1. The van der Waals surface area contributed by atoms with Gasteiger partial charge in [0.25, 0.3) is 0 Å². The molecule has 1 unspecified atom stereocenters. The third-order valence-corrected chi connectivity index (χ3v) is 6.56. The van der Waals surface area contributed by atoms with E-state index in [1.807, 2.05) is 24.3 Å². The summed E-state index contributed by atoms with van der Waals surface area (Å²) < 4.78 is 22.1. The Kier molecular flexibility index (Phi) is 6.60.